The van der Waals surface area contributed by atoms with Crippen molar-refractivity contribution in [3.63, 3.8) is 0 Å². The van der Waals surface area contributed by atoms with Crippen molar-refractivity contribution < 1.29 is 19.0 Å². The summed E-state index contributed by atoms with van der Waals surface area (Å²) in [6, 6.07) is 7.98. The molecule has 1 atom stereocenters. The fourth-order valence-corrected chi connectivity index (χ4v) is 4.23. The zero-order valence-corrected chi connectivity index (χ0v) is 15.1. The third-order valence-corrected chi connectivity index (χ3v) is 5.59. The van der Waals surface area contributed by atoms with Gasteiger partial charge in [0.2, 0.25) is 5.88 Å². The van der Waals surface area contributed by atoms with Crippen LogP contribution < -0.4 is 9.64 Å². The van der Waals surface area contributed by atoms with Crippen LogP contribution in [-0.4, -0.2) is 28.8 Å². The Morgan fingerprint density at radius 3 is 2.63 bits per heavy atom. The van der Waals surface area contributed by atoms with Crippen LogP contribution >= 0.6 is 0 Å². The van der Waals surface area contributed by atoms with E-state index in [1.165, 1.54) is 23.5 Å². The minimum Gasteiger partial charge on any atom is -0.474 e. The fourth-order valence-electron chi connectivity index (χ4n) is 4.23. The van der Waals surface area contributed by atoms with Gasteiger partial charge in [-0.2, -0.15) is 0 Å². The zero-order valence-electron chi connectivity index (χ0n) is 15.1. The number of aromatic nitrogens is 1. The summed E-state index contributed by atoms with van der Waals surface area (Å²) in [5, 5.41) is 9.90. The lowest BCUT2D eigenvalue weighted by atomic mass is 9.83. The van der Waals surface area contributed by atoms with E-state index in [0.717, 1.165) is 36.8 Å². The van der Waals surface area contributed by atoms with Crippen molar-refractivity contribution in [2.24, 2.45) is 5.92 Å². The van der Waals surface area contributed by atoms with E-state index in [1.54, 1.807) is 18.3 Å². The Morgan fingerprint density at radius 2 is 1.93 bits per heavy atom. The van der Waals surface area contributed by atoms with Crippen LogP contribution in [0, 0.1) is 11.7 Å². The molecular formula is C21H23FN2O3. The topological polar surface area (TPSA) is 62.7 Å². The summed E-state index contributed by atoms with van der Waals surface area (Å²) in [7, 11) is 0. The second kappa shape index (κ2) is 7.55. The van der Waals surface area contributed by atoms with Crippen molar-refractivity contribution in [3.05, 3.63) is 53.5 Å². The maximum absolute atomic E-state index is 13.1. The molecule has 1 aliphatic carbocycles. The Kier molecular flexibility index (Phi) is 4.97. The van der Waals surface area contributed by atoms with Gasteiger partial charge in [0.05, 0.1) is 6.04 Å². The molecule has 1 fully saturated rings. The molecule has 6 heteroatoms. The highest BCUT2D eigenvalue weighted by atomic mass is 19.1. The minimum absolute atomic E-state index is 0.168. The van der Waals surface area contributed by atoms with Crippen molar-refractivity contribution in [1.82, 2.24) is 4.98 Å². The number of hydrogen-bond donors (Lipinski definition) is 1. The Morgan fingerprint density at radius 1 is 1.19 bits per heavy atom. The first-order valence-electron chi connectivity index (χ1n) is 9.50. The predicted octanol–water partition coefficient (Wildman–Crippen LogP) is 4.64. The average Bonchev–Trinajstić information content (AvgIpc) is 2.69. The normalized spacial score (nSPS) is 20.0. The van der Waals surface area contributed by atoms with Crippen LogP contribution in [0.3, 0.4) is 0 Å². The Labute approximate surface area is 157 Å². The second-order valence-electron chi connectivity index (χ2n) is 7.40. The van der Waals surface area contributed by atoms with Crippen LogP contribution in [0.2, 0.25) is 0 Å². The maximum atomic E-state index is 13.1. The maximum Gasteiger partial charge on any atom is 0.412 e. The number of ether oxygens (including phenoxy) is 1. The molecule has 0 saturated heterocycles. The van der Waals surface area contributed by atoms with Gasteiger partial charge in [-0.1, -0.05) is 31.4 Å². The van der Waals surface area contributed by atoms with Gasteiger partial charge in [-0.15, -0.1) is 0 Å². The van der Waals surface area contributed by atoms with Gasteiger partial charge in [-0.3, -0.25) is 4.90 Å². The quantitative estimate of drug-likeness (QED) is 0.855. The first-order valence-corrected chi connectivity index (χ1v) is 9.50. The lowest BCUT2D eigenvalue weighted by Crippen LogP contribution is -2.51. The van der Waals surface area contributed by atoms with Gasteiger partial charge in [-0.25, -0.2) is 14.2 Å². The van der Waals surface area contributed by atoms with E-state index in [4.69, 9.17) is 4.74 Å². The first kappa shape index (κ1) is 17.8. The molecule has 1 saturated carbocycles. The number of hydrogen-bond acceptors (Lipinski definition) is 3. The lowest BCUT2D eigenvalue weighted by molar-refractivity contribution is 0.161. The predicted molar refractivity (Wildman–Crippen MR) is 99.8 cm³/mol. The third kappa shape index (κ3) is 3.75. The zero-order chi connectivity index (χ0) is 18.8. The molecule has 1 aliphatic heterocycles. The van der Waals surface area contributed by atoms with Crippen LogP contribution in [-0.2, 0) is 6.42 Å². The standard InChI is InChI=1S/C21H23FN2O3/c22-17-8-6-14(7-9-17)10-15-11-18-20(23-12-15)27-13-19(24(18)21(25)26)16-4-2-1-3-5-16/h6-9,11-12,16,19H,1-5,10,13H2,(H,25,26)/t19-/m1/s1. The Hall–Kier alpha value is -2.63. The van der Waals surface area contributed by atoms with Crippen molar-refractivity contribution in [2.75, 3.05) is 11.5 Å². The molecular weight excluding hydrogens is 347 g/mol. The summed E-state index contributed by atoms with van der Waals surface area (Å²) < 4.78 is 18.9. The highest BCUT2D eigenvalue weighted by molar-refractivity contribution is 5.89. The monoisotopic (exact) mass is 370 g/mol. The number of benzene rings is 1. The molecule has 0 spiro atoms. The molecule has 1 aromatic heterocycles. The van der Waals surface area contributed by atoms with Gasteiger partial charge in [0.1, 0.15) is 18.1 Å². The summed E-state index contributed by atoms with van der Waals surface area (Å²) in [5.41, 5.74) is 2.34. The van der Waals surface area contributed by atoms with Gasteiger partial charge in [0, 0.05) is 6.20 Å². The SMILES string of the molecule is O=C(O)N1c2cc(Cc3ccc(F)cc3)cnc2OC[C@@H]1C1CCCCC1. The molecule has 2 heterocycles. The highest BCUT2D eigenvalue weighted by Gasteiger charge is 2.38. The van der Waals surface area contributed by atoms with Crippen LogP contribution in [0.25, 0.3) is 0 Å². The molecule has 1 amide bonds. The van der Waals surface area contributed by atoms with Gasteiger partial charge >= 0.3 is 6.09 Å². The Balaban J connectivity index is 1.62. The number of carbonyl (C=O) groups is 1. The average molecular weight is 370 g/mol. The van der Waals surface area contributed by atoms with Gasteiger partial charge in [0.25, 0.3) is 0 Å². The van der Waals surface area contributed by atoms with E-state index in [2.05, 4.69) is 4.98 Å². The van der Waals surface area contributed by atoms with Crippen LogP contribution in [0.4, 0.5) is 14.9 Å². The molecule has 5 nitrogen and oxygen atoms in total. The van der Waals surface area contributed by atoms with Gasteiger partial charge < -0.3 is 9.84 Å². The number of carboxylic acid groups (broad SMARTS) is 1. The molecule has 27 heavy (non-hydrogen) atoms. The third-order valence-electron chi connectivity index (χ3n) is 5.59. The van der Waals surface area contributed by atoms with Gasteiger partial charge in [-0.05, 0) is 54.5 Å². The molecule has 1 aromatic carbocycles. The summed E-state index contributed by atoms with van der Waals surface area (Å²) >= 11 is 0. The van der Waals surface area contributed by atoms with Crippen LogP contribution in [0.15, 0.2) is 36.5 Å². The number of pyridine rings is 1. The Bertz CT molecular complexity index is 819. The second-order valence-corrected chi connectivity index (χ2v) is 7.40. The van der Waals surface area contributed by atoms with E-state index in [9.17, 15) is 14.3 Å². The van der Waals surface area contributed by atoms with Crippen molar-refractivity contribution in [3.8, 4) is 5.88 Å². The van der Waals surface area contributed by atoms with Crippen molar-refractivity contribution in [1.29, 1.82) is 0 Å². The fraction of sp³-hybridized carbons (Fsp3) is 0.429. The largest absolute Gasteiger partial charge is 0.474 e. The van der Waals surface area contributed by atoms with E-state index in [0.29, 0.717) is 30.5 Å². The number of fused-ring (bicyclic) bond motifs is 1. The molecule has 0 bridgehead atoms. The van der Waals surface area contributed by atoms with Crippen molar-refractivity contribution in [2.45, 2.75) is 44.6 Å². The number of anilines is 1. The molecule has 2 aliphatic rings. The summed E-state index contributed by atoms with van der Waals surface area (Å²) in [4.78, 5) is 17.9. The van der Waals surface area contributed by atoms with Gasteiger partial charge in [0.15, 0.2) is 0 Å². The summed E-state index contributed by atoms with van der Waals surface area (Å²) in [6.07, 6.45) is 6.87. The van der Waals surface area contributed by atoms with E-state index in [1.807, 2.05) is 6.07 Å². The number of amides is 1. The molecule has 0 radical (unpaired) electrons. The molecule has 4 rings (SSSR count). The minimum atomic E-state index is -0.962. The number of nitrogens with zero attached hydrogens (tertiary/aromatic N) is 2. The summed E-state index contributed by atoms with van der Waals surface area (Å²) in [6.45, 7) is 0.355. The molecule has 1 N–H and O–H groups in total. The molecule has 0 unspecified atom stereocenters. The lowest BCUT2D eigenvalue weighted by Gasteiger charge is -2.40. The highest BCUT2D eigenvalue weighted by Crippen LogP contribution is 2.39. The van der Waals surface area contributed by atoms with E-state index < -0.39 is 6.09 Å². The smallest absolute Gasteiger partial charge is 0.412 e. The molecule has 2 aromatic rings. The van der Waals surface area contributed by atoms with Crippen LogP contribution in [0.5, 0.6) is 5.88 Å². The van der Waals surface area contributed by atoms with Crippen LogP contribution in [0.1, 0.15) is 43.2 Å². The van der Waals surface area contributed by atoms with E-state index in [-0.39, 0.29) is 11.9 Å². The number of halogens is 1. The first-order chi connectivity index (χ1) is 13.1. The van der Waals surface area contributed by atoms with Crippen molar-refractivity contribution >= 4 is 11.8 Å². The van der Waals surface area contributed by atoms with E-state index >= 15 is 0 Å². The molecule has 142 valence electrons. The summed E-state index contributed by atoms with van der Waals surface area (Å²) in [5.74, 6) is 0.416. The number of rotatable bonds is 3.